The third kappa shape index (κ3) is 4.33. The van der Waals surface area contributed by atoms with Gasteiger partial charge in [0.05, 0.1) is 0 Å². The first kappa shape index (κ1) is 15.7. The predicted octanol–water partition coefficient (Wildman–Crippen LogP) is -0.969. The number of quaternary nitrogens is 1. The van der Waals surface area contributed by atoms with E-state index < -0.39 is 5.54 Å². The second-order valence-electron chi connectivity index (χ2n) is 4.45. The summed E-state index contributed by atoms with van der Waals surface area (Å²) >= 11 is 0. The standard InChI is InChI=1S/C14H21NO4/c1-2-7-19-13-6-4-3-5-12(13)8-15-14(9-16,10-17)11-18/h2-6,15-18H,1,7-11H2/p+1. The Morgan fingerprint density at radius 3 is 2.37 bits per heavy atom. The van der Waals surface area contributed by atoms with Crippen LogP contribution in [0.5, 0.6) is 5.75 Å². The molecule has 0 saturated heterocycles. The number of ether oxygens (including phenoxy) is 1. The molecule has 0 saturated carbocycles. The summed E-state index contributed by atoms with van der Waals surface area (Å²) < 4.78 is 5.53. The molecule has 0 aliphatic carbocycles. The fraction of sp³-hybridized carbons (Fsp3) is 0.429. The van der Waals surface area contributed by atoms with Crippen LogP contribution in [-0.4, -0.2) is 47.3 Å². The molecule has 0 amide bonds. The minimum Gasteiger partial charge on any atom is -0.489 e. The largest absolute Gasteiger partial charge is 0.489 e. The molecule has 5 heteroatoms. The van der Waals surface area contributed by atoms with Crippen molar-refractivity contribution < 1.29 is 25.4 Å². The van der Waals surface area contributed by atoms with E-state index >= 15 is 0 Å². The zero-order valence-corrected chi connectivity index (χ0v) is 11.0. The zero-order valence-electron chi connectivity index (χ0n) is 11.0. The van der Waals surface area contributed by atoms with Crippen LogP contribution in [0.4, 0.5) is 0 Å². The Morgan fingerprint density at radius 2 is 1.79 bits per heavy atom. The van der Waals surface area contributed by atoms with Gasteiger partial charge in [-0.2, -0.15) is 0 Å². The Balaban J connectivity index is 2.73. The van der Waals surface area contributed by atoms with Gasteiger partial charge in [0.2, 0.25) is 0 Å². The van der Waals surface area contributed by atoms with E-state index in [1.807, 2.05) is 24.3 Å². The van der Waals surface area contributed by atoms with Crippen molar-refractivity contribution in [3.05, 3.63) is 42.5 Å². The number of hydrogen-bond donors (Lipinski definition) is 4. The molecule has 0 aromatic heterocycles. The molecule has 1 aromatic carbocycles. The molecule has 5 nitrogen and oxygen atoms in total. The van der Waals surface area contributed by atoms with Crippen LogP contribution in [-0.2, 0) is 6.54 Å². The SMILES string of the molecule is C=CCOc1ccccc1C[NH2+]C(CO)(CO)CO. The smallest absolute Gasteiger partial charge is 0.166 e. The predicted molar refractivity (Wildman–Crippen MR) is 71.8 cm³/mol. The zero-order chi connectivity index (χ0) is 14.1. The van der Waals surface area contributed by atoms with Crippen molar-refractivity contribution in [2.45, 2.75) is 12.1 Å². The molecule has 0 spiro atoms. The number of benzene rings is 1. The van der Waals surface area contributed by atoms with Crippen LogP contribution < -0.4 is 10.1 Å². The number of para-hydroxylation sites is 1. The highest BCUT2D eigenvalue weighted by atomic mass is 16.5. The van der Waals surface area contributed by atoms with Gasteiger partial charge in [-0.25, -0.2) is 0 Å². The number of aliphatic hydroxyl groups excluding tert-OH is 3. The fourth-order valence-corrected chi connectivity index (χ4v) is 1.63. The summed E-state index contributed by atoms with van der Waals surface area (Å²) in [5.41, 5.74) is -0.0324. The van der Waals surface area contributed by atoms with E-state index in [1.165, 1.54) is 0 Å². The maximum absolute atomic E-state index is 9.27. The first-order valence-electron chi connectivity index (χ1n) is 6.20. The first-order valence-corrected chi connectivity index (χ1v) is 6.20. The van der Waals surface area contributed by atoms with Gasteiger partial charge in [0, 0.05) is 5.56 Å². The molecule has 19 heavy (non-hydrogen) atoms. The third-order valence-corrected chi connectivity index (χ3v) is 3.03. The molecule has 0 unspecified atom stereocenters. The molecule has 0 radical (unpaired) electrons. The van der Waals surface area contributed by atoms with Crippen molar-refractivity contribution in [1.29, 1.82) is 0 Å². The van der Waals surface area contributed by atoms with Crippen LogP contribution >= 0.6 is 0 Å². The summed E-state index contributed by atoms with van der Waals surface area (Å²) in [5.74, 6) is 0.737. The monoisotopic (exact) mass is 268 g/mol. The summed E-state index contributed by atoms with van der Waals surface area (Å²) in [5, 5.41) is 29.5. The molecule has 5 N–H and O–H groups in total. The molecule has 1 rings (SSSR count). The number of nitrogens with two attached hydrogens (primary N) is 1. The van der Waals surface area contributed by atoms with Crippen LogP contribution in [0.3, 0.4) is 0 Å². The lowest BCUT2D eigenvalue weighted by molar-refractivity contribution is -0.746. The maximum Gasteiger partial charge on any atom is 0.166 e. The summed E-state index contributed by atoms with van der Waals surface area (Å²) in [6.07, 6.45) is 1.67. The lowest BCUT2D eigenvalue weighted by Gasteiger charge is -2.25. The summed E-state index contributed by atoms with van der Waals surface area (Å²) in [7, 11) is 0. The average molecular weight is 268 g/mol. The topological polar surface area (TPSA) is 86.5 Å². The Kier molecular flexibility index (Phi) is 6.52. The first-order chi connectivity index (χ1) is 9.21. The van der Waals surface area contributed by atoms with E-state index in [0.717, 1.165) is 11.3 Å². The molecular formula is C14H22NO4+. The lowest BCUT2D eigenvalue weighted by atomic mass is 10.0. The number of aliphatic hydroxyl groups is 3. The number of rotatable bonds is 9. The van der Waals surface area contributed by atoms with Crippen LogP contribution in [0.25, 0.3) is 0 Å². The van der Waals surface area contributed by atoms with E-state index in [4.69, 9.17) is 4.74 Å². The highest BCUT2D eigenvalue weighted by Crippen LogP contribution is 2.16. The van der Waals surface area contributed by atoms with Crippen molar-refractivity contribution in [2.75, 3.05) is 26.4 Å². The molecular weight excluding hydrogens is 246 g/mol. The minimum absolute atomic E-state index is 0.296. The Morgan fingerprint density at radius 1 is 1.16 bits per heavy atom. The van der Waals surface area contributed by atoms with Gasteiger partial charge in [-0.1, -0.05) is 24.8 Å². The average Bonchev–Trinajstić information content (AvgIpc) is 2.48. The number of hydrogen-bond acceptors (Lipinski definition) is 4. The Labute approximate surface area is 113 Å². The van der Waals surface area contributed by atoms with E-state index in [2.05, 4.69) is 6.58 Å². The Hall–Kier alpha value is -1.40. The van der Waals surface area contributed by atoms with Gasteiger partial charge in [-0.15, -0.1) is 0 Å². The van der Waals surface area contributed by atoms with Crippen LogP contribution in [0, 0.1) is 0 Å². The molecule has 0 bridgehead atoms. The van der Waals surface area contributed by atoms with Crippen LogP contribution in [0.1, 0.15) is 5.56 Å². The second kappa shape index (κ2) is 7.91. The summed E-state index contributed by atoms with van der Waals surface area (Å²) in [4.78, 5) is 0. The molecule has 0 heterocycles. The van der Waals surface area contributed by atoms with E-state index in [1.54, 1.807) is 11.4 Å². The molecule has 0 aliphatic rings. The van der Waals surface area contributed by atoms with Gasteiger partial charge >= 0.3 is 0 Å². The molecule has 0 atom stereocenters. The molecule has 0 fully saturated rings. The highest BCUT2D eigenvalue weighted by molar-refractivity contribution is 5.32. The minimum atomic E-state index is -0.967. The third-order valence-electron chi connectivity index (χ3n) is 3.03. The maximum atomic E-state index is 9.27. The van der Waals surface area contributed by atoms with E-state index in [-0.39, 0.29) is 19.8 Å². The van der Waals surface area contributed by atoms with Gasteiger partial charge < -0.3 is 25.4 Å². The van der Waals surface area contributed by atoms with Gasteiger partial charge in [0.25, 0.3) is 0 Å². The second-order valence-corrected chi connectivity index (χ2v) is 4.45. The quantitative estimate of drug-likeness (QED) is 0.434. The van der Waals surface area contributed by atoms with Crippen molar-refractivity contribution >= 4 is 0 Å². The van der Waals surface area contributed by atoms with Gasteiger partial charge in [0.1, 0.15) is 38.7 Å². The fourth-order valence-electron chi connectivity index (χ4n) is 1.63. The summed E-state index contributed by atoms with van der Waals surface area (Å²) in [6.45, 7) is 3.62. The van der Waals surface area contributed by atoms with Crippen molar-refractivity contribution in [1.82, 2.24) is 0 Å². The molecule has 1 aromatic rings. The molecule has 0 aliphatic heterocycles. The highest BCUT2D eigenvalue weighted by Gasteiger charge is 2.31. The molecule has 106 valence electrons. The van der Waals surface area contributed by atoms with E-state index in [0.29, 0.717) is 13.2 Å². The van der Waals surface area contributed by atoms with Gasteiger partial charge in [-0.05, 0) is 12.1 Å². The van der Waals surface area contributed by atoms with Crippen molar-refractivity contribution in [3.8, 4) is 5.75 Å². The van der Waals surface area contributed by atoms with Gasteiger partial charge in [0.15, 0.2) is 5.54 Å². The summed E-state index contributed by atoms with van der Waals surface area (Å²) in [6, 6.07) is 7.53. The Bertz CT molecular complexity index is 383. The van der Waals surface area contributed by atoms with Gasteiger partial charge in [-0.3, -0.25) is 0 Å². The van der Waals surface area contributed by atoms with Crippen molar-refractivity contribution in [3.63, 3.8) is 0 Å². The normalized spacial score (nSPS) is 11.3. The van der Waals surface area contributed by atoms with E-state index in [9.17, 15) is 15.3 Å². The van der Waals surface area contributed by atoms with Crippen LogP contribution in [0.2, 0.25) is 0 Å². The van der Waals surface area contributed by atoms with Crippen molar-refractivity contribution in [2.24, 2.45) is 0 Å². The lowest BCUT2D eigenvalue weighted by Crippen LogP contribution is -2.99. The van der Waals surface area contributed by atoms with Crippen LogP contribution in [0.15, 0.2) is 36.9 Å².